The molecule has 1 fully saturated rings. The number of rotatable bonds is 3. The molecule has 8 nitrogen and oxygen atoms in total. The number of hydrogen-bond donors (Lipinski definition) is 1. The second-order valence-corrected chi connectivity index (χ2v) is 7.75. The maximum atomic E-state index is 11.6. The van der Waals surface area contributed by atoms with E-state index in [1.54, 1.807) is 10.8 Å². The highest BCUT2D eigenvalue weighted by atomic mass is 32.2. The number of aromatic nitrogens is 4. The van der Waals surface area contributed by atoms with Crippen LogP contribution in [-0.2, 0) is 10.0 Å². The molecule has 0 radical (unpaired) electrons. The first-order chi connectivity index (χ1) is 10.4. The molecule has 1 aliphatic heterocycles. The van der Waals surface area contributed by atoms with Crippen molar-refractivity contribution >= 4 is 21.4 Å². The maximum Gasteiger partial charge on any atom is 0.211 e. The Morgan fingerprint density at radius 1 is 1.27 bits per heavy atom. The van der Waals surface area contributed by atoms with Gasteiger partial charge in [0.1, 0.15) is 6.33 Å². The SMILES string of the molecule is Cc1nn2cnnc2c(NC2CCN(S(C)(=O)=O)CC2)c1C. The van der Waals surface area contributed by atoms with Gasteiger partial charge in [-0.25, -0.2) is 12.7 Å². The van der Waals surface area contributed by atoms with Gasteiger partial charge in [-0.1, -0.05) is 0 Å². The van der Waals surface area contributed by atoms with Crippen LogP contribution in [0, 0.1) is 13.8 Å². The summed E-state index contributed by atoms with van der Waals surface area (Å²) in [6.07, 6.45) is 4.39. The van der Waals surface area contributed by atoms with Crippen LogP contribution in [0.4, 0.5) is 5.69 Å². The molecule has 1 aliphatic rings. The van der Waals surface area contributed by atoms with Crippen LogP contribution in [0.2, 0.25) is 0 Å². The minimum absolute atomic E-state index is 0.221. The fraction of sp³-hybridized carbons (Fsp3) is 0.615. The fourth-order valence-corrected chi connectivity index (χ4v) is 3.64. The summed E-state index contributed by atoms with van der Waals surface area (Å²) in [5.74, 6) is 0. The Kier molecular flexibility index (Phi) is 3.77. The summed E-state index contributed by atoms with van der Waals surface area (Å²) >= 11 is 0. The van der Waals surface area contributed by atoms with E-state index >= 15 is 0 Å². The largest absolute Gasteiger partial charge is 0.379 e. The lowest BCUT2D eigenvalue weighted by Crippen LogP contribution is -2.42. The van der Waals surface area contributed by atoms with Crippen molar-refractivity contribution in [2.45, 2.75) is 32.7 Å². The van der Waals surface area contributed by atoms with Gasteiger partial charge in [-0.2, -0.15) is 9.61 Å². The highest BCUT2D eigenvalue weighted by molar-refractivity contribution is 7.88. The van der Waals surface area contributed by atoms with Crippen LogP contribution in [0.25, 0.3) is 5.65 Å². The molecule has 0 saturated carbocycles. The van der Waals surface area contributed by atoms with Crippen LogP contribution in [0.3, 0.4) is 0 Å². The molecule has 0 bridgehead atoms. The fourth-order valence-electron chi connectivity index (χ4n) is 2.76. The Morgan fingerprint density at radius 3 is 2.59 bits per heavy atom. The minimum Gasteiger partial charge on any atom is -0.379 e. The Labute approximate surface area is 129 Å². The predicted octanol–water partition coefficient (Wildman–Crippen LogP) is 0.577. The molecule has 0 atom stereocenters. The lowest BCUT2D eigenvalue weighted by atomic mass is 10.1. The summed E-state index contributed by atoms with van der Waals surface area (Å²) in [6.45, 7) is 5.04. The third-order valence-corrected chi connectivity index (χ3v) is 5.50. The van der Waals surface area contributed by atoms with Gasteiger partial charge in [-0.3, -0.25) is 0 Å². The molecule has 2 aromatic rings. The highest BCUT2D eigenvalue weighted by Crippen LogP contribution is 2.25. The van der Waals surface area contributed by atoms with Crippen LogP contribution in [0.1, 0.15) is 24.1 Å². The number of nitrogens with one attached hydrogen (secondary N) is 1. The zero-order valence-electron chi connectivity index (χ0n) is 12.9. The summed E-state index contributed by atoms with van der Waals surface area (Å²) in [5, 5.41) is 15.9. The first-order valence-electron chi connectivity index (χ1n) is 7.25. The lowest BCUT2D eigenvalue weighted by Gasteiger charge is -2.31. The molecule has 3 rings (SSSR count). The number of sulfonamides is 1. The van der Waals surface area contributed by atoms with Crippen LogP contribution in [-0.4, -0.2) is 57.9 Å². The summed E-state index contributed by atoms with van der Waals surface area (Å²) in [7, 11) is -3.09. The van der Waals surface area contributed by atoms with Crippen molar-refractivity contribution in [3.63, 3.8) is 0 Å². The van der Waals surface area contributed by atoms with Gasteiger partial charge in [-0.15, -0.1) is 10.2 Å². The van der Waals surface area contributed by atoms with Gasteiger partial charge in [0.05, 0.1) is 17.6 Å². The Hall–Kier alpha value is -1.74. The zero-order valence-corrected chi connectivity index (χ0v) is 13.8. The summed E-state index contributed by atoms with van der Waals surface area (Å²) in [4.78, 5) is 0. The van der Waals surface area contributed by atoms with Crippen LogP contribution in [0.15, 0.2) is 6.33 Å². The van der Waals surface area contributed by atoms with Gasteiger partial charge in [0, 0.05) is 19.1 Å². The van der Waals surface area contributed by atoms with Crippen molar-refractivity contribution in [2.24, 2.45) is 0 Å². The monoisotopic (exact) mass is 324 g/mol. The summed E-state index contributed by atoms with van der Waals surface area (Å²) in [5.41, 5.74) is 3.60. The number of piperidine rings is 1. The minimum atomic E-state index is -3.09. The van der Waals surface area contributed by atoms with Gasteiger partial charge in [0.25, 0.3) is 0 Å². The highest BCUT2D eigenvalue weighted by Gasteiger charge is 2.26. The number of anilines is 1. The molecule has 2 aromatic heterocycles. The van der Waals surface area contributed by atoms with Crippen molar-refractivity contribution < 1.29 is 8.42 Å². The Morgan fingerprint density at radius 2 is 1.95 bits per heavy atom. The van der Waals surface area contributed by atoms with Gasteiger partial charge < -0.3 is 5.32 Å². The molecule has 0 unspecified atom stereocenters. The number of nitrogens with zero attached hydrogens (tertiary/aromatic N) is 5. The molecule has 9 heteroatoms. The molecular weight excluding hydrogens is 304 g/mol. The molecule has 22 heavy (non-hydrogen) atoms. The van der Waals surface area contributed by atoms with E-state index < -0.39 is 10.0 Å². The van der Waals surface area contributed by atoms with Crippen molar-refractivity contribution in [3.05, 3.63) is 17.6 Å². The Balaban J connectivity index is 1.80. The lowest BCUT2D eigenvalue weighted by molar-refractivity contribution is 0.332. The predicted molar refractivity (Wildman–Crippen MR) is 83.3 cm³/mol. The van der Waals surface area contributed by atoms with E-state index in [-0.39, 0.29) is 6.04 Å². The zero-order chi connectivity index (χ0) is 15.9. The molecular formula is C13H20N6O2S. The van der Waals surface area contributed by atoms with E-state index in [4.69, 9.17) is 0 Å². The summed E-state index contributed by atoms with van der Waals surface area (Å²) < 4.78 is 26.3. The maximum absolute atomic E-state index is 11.6. The van der Waals surface area contributed by atoms with E-state index in [1.807, 2.05) is 13.8 Å². The standard InChI is InChI=1S/C13H20N6O2S/c1-9-10(2)17-19-8-14-16-13(19)12(9)15-11-4-6-18(7-5-11)22(3,20)21/h8,11,15H,4-7H2,1-3H3. The van der Waals surface area contributed by atoms with Crippen LogP contribution < -0.4 is 5.32 Å². The molecule has 1 saturated heterocycles. The molecule has 1 N–H and O–H groups in total. The van der Waals surface area contributed by atoms with Gasteiger partial charge in [0.15, 0.2) is 0 Å². The molecule has 0 amide bonds. The van der Waals surface area contributed by atoms with Crippen LogP contribution >= 0.6 is 0 Å². The number of hydrogen-bond acceptors (Lipinski definition) is 6. The molecule has 3 heterocycles. The first kappa shape index (κ1) is 15.2. The van der Waals surface area contributed by atoms with Crippen molar-refractivity contribution in [1.82, 2.24) is 24.1 Å². The summed E-state index contributed by atoms with van der Waals surface area (Å²) in [6, 6.07) is 0.221. The Bertz CT molecular complexity index is 792. The van der Waals surface area contributed by atoms with Crippen LogP contribution in [0.5, 0.6) is 0 Å². The smallest absolute Gasteiger partial charge is 0.211 e. The van der Waals surface area contributed by atoms with Gasteiger partial charge >= 0.3 is 0 Å². The topological polar surface area (TPSA) is 92.5 Å². The second kappa shape index (κ2) is 5.47. The average molecular weight is 324 g/mol. The third-order valence-electron chi connectivity index (χ3n) is 4.20. The second-order valence-electron chi connectivity index (χ2n) is 5.77. The van der Waals surface area contributed by atoms with Gasteiger partial charge in [0.2, 0.25) is 15.7 Å². The van der Waals surface area contributed by atoms with Gasteiger partial charge in [-0.05, 0) is 32.3 Å². The number of fused-ring (bicyclic) bond motifs is 1. The van der Waals surface area contributed by atoms with E-state index in [9.17, 15) is 8.42 Å². The molecule has 0 aliphatic carbocycles. The van der Waals surface area contributed by atoms with Crippen molar-refractivity contribution in [2.75, 3.05) is 24.7 Å². The van der Waals surface area contributed by atoms with E-state index in [0.717, 1.165) is 29.8 Å². The third kappa shape index (κ3) is 2.78. The normalized spacial score (nSPS) is 18.0. The van der Waals surface area contributed by atoms with E-state index in [1.165, 1.54) is 10.6 Å². The molecule has 0 spiro atoms. The number of aryl methyl sites for hydroxylation is 1. The quantitative estimate of drug-likeness (QED) is 0.888. The molecule has 120 valence electrons. The first-order valence-corrected chi connectivity index (χ1v) is 9.10. The van der Waals surface area contributed by atoms with E-state index in [2.05, 4.69) is 20.6 Å². The van der Waals surface area contributed by atoms with E-state index in [0.29, 0.717) is 18.7 Å². The molecule has 0 aromatic carbocycles. The average Bonchev–Trinajstić information content (AvgIpc) is 2.91. The van der Waals surface area contributed by atoms with Crippen molar-refractivity contribution in [3.8, 4) is 0 Å². The van der Waals surface area contributed by atoms with Crippen molar-refractivity contribution in [1.29, 1.82) is 0 Å².